The second kappa shape index (κ2) is 12.2. The van der Waals surface area contributed by atoms with E-state index >= 15 is 0 Å². The summed E-state index contributed by atoms with van der Waals surface area (Å²) in [4.78, 5) is 23.6. The van der Waals surface area contributed by atoms with Crippen molar-refractivity contribution in [2.24, 2.45) is 5.92 Å². The number of aromatic nitrogens is 4. The van der Waals surface area contributed by atoms with Crippen molar-refractivity contribution in [3.63, 3.8) is 0 Å². The van der Waals surface area contributed by atoms with Gasteiger partial charge in [0, 0.05) is 43.2 Å². The molecule has 5 aromatic rings. The molecule has 3 unspecified atom stereocenters. The Morgan fingerprint density at radius 1 is 0.796 bits per heavy atom. The Labute approximate surface area is 292 Å². The Bertz CT molecular complexity index is 2260. The number of pyridine rings is 1. The smallest absolute Gasteiger partial charge is 0.163 e. The number of rotatable bonds is 5. The van der Waals surface area contributed by atoms with Gasteiger partial charge in [0.05, 0.1) is 11.2 Å². The van der Waals surface area contributed by atoms with Gasteiger partial charge >= 0.3 is 0 Å². The van der Waals surface area contributed by atoms with Crippen LogP contribution < -0.4 is 0 Å². The van der Waals surface area contributed by atoms with Gasteiger partial charge in [-0.3, -0.25) is 0 Å². The molecular weight excluding hydrogens is 617 g/mol. The van der Waals surface area contributed by atoms with E-state index in [0.717, 1.165) is 66.2 Å². The first-order valence-electron chi connectivity index (χ1n) is 17.5. The van der Waals surface area contributed by atoms with Crippen molar-refractivity contribution in [2.45, 2.75) is 62.2 Å². The highest BCUT2D eigenvalue weighted by Gasteiger charge is 2.44. The standard InChI is InChI=1S/C44H38N4S/c1-28-26-33(21-23-34(28)43-47-41(30-16-8-4-9-17-30)46-42(48-43)31-18-10-5-11-19-31)39-38-40(49-37-20-12-13-25-44(37,38)2)35-27-32(22-24-36(35)45-39)29-14-6-3-7-15-29/h3-4,6-10,12-20,22,24,26-28,34H,5,11,21,23,25H2,1-2H3. The summed E-state index contributed by atoms with van der Waals surface area (Å²) in [5.74, 6) is 2.86. The van der Waals surface area contributed by atoms with Crippen LogP contribution in [0, 0.1) is 5.92 Å². The zero-order valence-corrected chi connectivity index (χ0v) is 28.8. The second-order valence-electron chi connectivity index (χ2n) is 13.9. The molecule has 49 heavy (non-hydrogen) atoms. The lowest BCUT2D eigenvalue weighted by Gasteiger charge is -2.32. The number of hydrogen-bond acceptors (Lipinski definition) is 5. The SMILES string of the molecule is CC1C=C(c2nc3ccc(-c4ccccc4)cc3c3c2C2(C)CC=CC=C2S3)CCC1c1nc(C2=CCCC=C2)nc(-c2ccccc2)n1. The van der Waals surface area contributed by atoms with E-state index in [9.17, 15) is 0 Å². The van der Waals surface area contributed by atoms with Crippen LogP contribution in [0.2, 0.25) is 0 Å². The van der Waals surface area contributed by atoms with E-state index in [1.807, 2.05) is 17.8 Å². The van der Waals surface area contributed by atoms with E-state index in [2.05, 4.69) is 129 Å². The molecule has 3 atom stereocenters. The third-order valence-electron chi connectivity index (χ3n) is 10.7. The Kier molecular flexibility index (Phi) is 7.54. The van der Waals surface area contributed by atoms with Gasteiger partial charge in [-0.25, -0.2) is 19.9 Å². The predicted octanol–water partition coefficient (Wildman–Crippen LogP) is 11.3. The lowest BCUT2D eigenvalue weighted by Crippen LogP contribution is -2.24. The fraction of sp³-hybridized carbons (Fsp3) is 0.227. The van der Waals surface area contributed by atoms with E-state index in [-0.39, 0.29) is 17.3 Å². The van der Waals surface area contributed by atoms with Crippen molar-refractivity contribution in [1.82, 2.24) is 19.9 Å². The van der Waals surface area contributed by atoms with Gasteiger partial charge < -0.3 is 0 Å². The minimum atomic E-state index is -0.0795. The normalized spacial score (nSPS) is 22.7. The van der Waals surface area contributed by atoms with Gasteiger partial charge in [-0.05, 0) is 66.9 Å². The zero-order chi connectivity index (χ0) is 33.0. The van der Waals surface area contributed by atoms with Crippen LogP contribution in [0.3, 0.4) is 0 Å². The van der Waals surface area contributed by atoms with Crippen LogP contribution in [0.25, 0.3) is 44.6 Å². The van der Waals surface area contributed by atoms with E-state index in [4.69, 9.17) is 19.9 Å². The lowest BCUT2D eigenvalue weighted by atomic mass is 9.73. The van der Waals surface area contributed by atoms with E-state index in [1.165, 1.54) is 43.1 Å². The monoisotopic (exact) mass is 654 g/mol. The lowest BCUT2D eigenvalue weighted by molar-refractivity contribution is 0.472. The highest BCUT2D eigenvalue weighted by Crippen LogP contribution is 2.59. The first kappa shape index (κ1) is 30.2. The summed E-state index contributed by atoms with van der Waals surface area (Å²) >= 11 is 1.95. The van der Waals surface area contributed by atoms with Gasteiger partial charge in [0.2, 0.25) is 0 Å². The van der Waals surface area contributed by atoms with Crippen molar-refractivity contribution in [2.75, 3.05) is 0 Å². The van der Waals surface area contributed by atoms with Crippen molar-refractivity contribution in [3.05, 3.63) is 149 Å². The van der Waals surface area contributed by atoms with E-state index < -0.39 is 0 Å². The molecule has 240 valence electrons. The van der Waals surface area contributed by atoms with Gasteiger partial charge in [-0.2, -0.15) is 0 Å². The molecule has 2 aromatic heterocycles. The first-order chi connectivity index (χ1) is 24.0. The van der Waals surface area contributed by atoms with E-state index in [1.54, 1.807) is 0 Å². The Morgan fingerprint density at radius 2 is 1.59 bits per heavy atom. The molecule has 3 heterocycles. The molecule has 0 radical (unpaired) electrons. The number of thioether (sulfide) groups is 1. The molecule has 4 aliphatic rings. The number of hydrogen-bond donors (Lipinski definition) is 0. The van der Waals surface area contributed by atoms with Gasteiger partial charge in [-0.1, -0.05) is 135 Å². The quantitative estimate of drug-likeness (QED) is 0.189. The molecule has 0 bridgehead atoms. The number of allylic oxidation sites excluding steroid dienone is 10. The minimum Gasteiger partial charge on any atom is -0.248 e. The molecule has 0 N–H and O–H groups in total. The van der Waals surface area contributed by atoms with Crippen LogP contribution in [0.1, 0.15) is 74.8 Å². The highest BCUT2D eigenvalue weighted by molar-refractivity contribution is 8.03. The molecule has 0 saturated carbocycles. The highest BCUT2D eigenvalue weighted by atomic mass is 32.2. The van der Waals surface area contributed by atoms with Crippen LogP contribution in [-0.2, 0) is 5.41 Å². The Morgan fingerprint density at radius 3 is 2.37 bits per heavy atom. The van der Waals surface area contributed by atoms with Crippen molar-refractivity contribution in [1.29, 1.82) is 0 Å². The van der Waals surface area contributed by atoms with Crippen LogP contribution in [-0.4, -0.2) is 19.9 Å². The molecule has 5 heteroatoms. The summed E-state index contributed by atoms with van der Waals surface area (Å²) in [6.07, 6.45) is 20.9. The number of benzene rings is 3. The van der Waals surface area contributed by atoms with Gasteiger partial charge in [0.15, 0.2) is 11.6 Å². The molecule has 4 nitrogen and oxygen atoms in total. The maximum Gasteiger partial charge on any atom is 0.163 e. The maximum atomic E-state index is 5.51. The van der Waals surface area contributed by atoms with E-state index in [0.29, 0.717) is 0 Å². The number of nitrogens with zero attached hydrogens (tertiary/aromatic N) is 4. The van der Waals surface area contributed by atoms with Crippen LogP contribution in [0.4, 0.5) is 0 Å². The average Bonchev–Trinajstić information content (AvgIpc) is 3.48. The summed E-state index contributed by atoms with van der Waals surface area (Å²) in [6, 6.07) is 27.8. The molecule has 3 aromatic carbocycles. The average molecular weight is 655 g/mol. The second-order valence-corrected chi connectivity index (χ2v) is 15.0. The summed E-state index contributed by atoms with van der Waals surface area (Å²) in [5.41, 5.74) is 9.49. The third kappa shape index (κ3) is 5.32. The molecule has 0 saturated heterocycles. The molecule has 0 spiro atoms. The Hall–Kier alpha value is -4.87. The minimum absolute atomic E-state index is 0.0795. The van der Waals surface area contributed by atoms with Crippen LogP contribution in [0.5, 0.6) is 0 Å². The zero-order valence-electron chi connectivity index (χ0n) is 27.9. The Balaban J connectivity index is 1.14. The third-order valence-corrected chi connectivity index (χ3v) is 12.1. The predicted molar refractivity (Wildman–Crippen MR) is 203 cm³/mol. The van der Waals surface area contributed by atoms with Crippen molar-refractivity contribution in [3.8, 4) is 22.5 Å². The largest absolute Gasteiger partial charge is 0.248 e. The summed E-state index contributed by atoms with van der Waals surface area (Å²) in [7, 11) is 0. The molecule has 0 amide bonds. The fourth-order valence-corrected chi connectivity index (χ4v) is 9.43. The molecular formula is C44H38N4S. The number of fused-ring (bicyclic) bond motifs is 5. The summed E-state index contributed by atoms with van der Waals surface area (Å²) in [5, 5.41) is 1.25. The topological polar surface area (TPSA) is 51.6 Å². The first-order valence-corrected chi connectivity index (χ1v) is 18.4. The van der Waals surface area contributed by atoms with Crippen LogP contribution >= 0.6 is 11.8 Å². The van der Waals surface area contributed by atoms with Crippen LogP contribution in [0.15, 0.2) is 131 Å². The molecule has 1 aliphatic heterocycles. The van der Waals surface area contributed by atoms with Gasteiger partial charge in [-0.15, -0.1) is 0 Å². The summed E-state index contributed by atoms with van der Waals surface area (Å²) < 4.78 is 0. The molecule has 0 fully saturated rings. The molecule has 3 aliphatic carbocycles. The van der Waals surface area contributed by atoms with Crippen molar-refractivity contribution < 1.29 is 0 Å². The van der Waals surface area contributed by atoms with Crippen molar-refractivity contribution >= 4 is 33.8 Å². The summed E-state index contributed by atoms with van der Waals surface area (Å²) in [6.45, 7) is 4.74. The van der Waals surface area contributed by atoms with Gasteiger partial charge in [0.1, 0.15) is 5.82 Å². The maximum absolute atomic E-state index is 5.51. The molecule has 9 rings (SSSR count). The fourth-order valence-electron chi connectivity index (χ4n) is 7.96. The van der Waals surface area contributed by atoms with Gasteiger partial charge in [0.25, 0.3) is 0 Å².